The maximum Gasteiger partial charge on any atom is 0.311 e. The zero-order valence-corrected chi connectivity index (χ0v) is 16.6. The lowest BCUT2D eigenvalue weighted by atomic mass is 9.85. The van der Waals surface area contributed by atoms with Crippen molar-refractivity contribution in [2.45, 2.75) is 39.3 Å². The van der Waals surface area contributed by atoms with E-state index in [1.54, 1.807) is 25.1 Å². The average Bonchev–Trinajstić information content (AvgIpc) is 2.60. The van der Waals surface area contributed by atoms with E-state index >= 15 is 0 Å². The first kappa shape index (κ1) is 22.5. The van der Waals surface area contributed by atoms with Gasteiger partial charge in [-0.1, -0.05) is 24.2 Å². The van der Waals surface area contributed by atoms with Gasteiger partial charge in [-0.3, -0.25) is 14.4 Å². The van der Waals surface area contributed by atoms with Gasteiger partial charge in [0.15, 0.2) is 0 Å². The molecule has 0 aliphatic heterocycles. The fourth-order valence-electron chi connectivity index (χ4n) is 2.19. The number of benzene rings is 1. The van der Waals surface area contributed by atoms with E-state index in [2.05, 4.69) is 17.2 Å². The second kappa shape index (κ2) is 9.41. The predicted octanol–water partition coefficient (Wildman–Crippen LogP) is 2.18. The minimum Gasteiger partial charge on any atom is -0.495 e. The fourth-order valence-corrected chi connectivity index (χ4v) is 2.47. The van der Waals surface area contributed by atoms with Gasteiger partial charge in [-0.2, -0.15) is 0 Å². The standard InChI is InChI=1S/C19H25ClN2O5/c1-6-16(23)22-14(10-12-7-8-15(27-5)13(20)9-12)17(24)21-11(2)19(3,4)18(25)26/h6-9,11,14H,1,10H2,2-5H3,(H,21,24)(H,22,23)(H,25,26). The van der Waals surface area contributed by atoms with Crippen LogP contribution in [0.5, 0.6) is 5.75 Å². The summed E-state index contributed by atoms with van der Waals surface area (Å²) in [7, 11) is 1.49. The minimum atomic E-state index is -1.17. The number of ether oxygens (including phenoxy) is 1. The highest BCUT2D eigenvalue weighted by molar-refractivity contribution is 6.32. The molecule has 0 heterocycles. The van der Waals surface area contributed by atoms with Gasteiger partial charge in [0.1, 0.15) is 11.8 Å². The lowest BCUT2D eigenvalue weighted by molar-refractivity contribution is -0.148. The summed E-state index contributed by atoms with van der Waals surface area (Å²) in [4.78, 5) is 35.8. The number of carbonyl (C=O) groups excluding carboxylic acids is 2. The van der Waals surface area contributed by atoms with Gasteiger partial charge in [0, 0.05) is 12.5 Å². The molecule has 0 saturated heterocycles. The van der Waals surface area contributed by atoms with Crippen molar-refractivity contribution in [1.82, 2.24) is 10.6 Å². The molecule has 1 rings (SSSR count). The molecule has 0 fully saturated rings. The molecule has 27 heavy (non-hydrogen) atoms. The molecule has 0 radical (unpaired) electrons. The van der Waals surface area contributed by atoms with E-state index in [-0.39, 0.29) is 6.42 Å². The Bertz CT molecular complexity index is 733. The smallest absolute Gasteiger partial charge is 0.311 e. The highest BCUT2D eigenvalue weighted by Crippen LogP contribution is 2.25. The molecule has 0 spiro atoms. The van der Waals surface area contributed by atoms with Crippen molar-refractivity contribution in [1.29, 1.82) is 0 Å². The lowest BCUT2D eigenvalue weighted by Crippen LogP contribution is -2.54. The van der Waals surface area contributed by atoms with Gasteiger partial charge in [-0.25, -0.2) is 0 Å². The number of hydrogen-bond donors (Lipinski definition) is 3. The van der Waals surface area contributed by atoms with E-state index in [1.165, 1.54) is 21.0 Å². The van der Waals surface area contributed by atoms with Crippen LogP contribution in [0, 0.1) is 5.41 Å². The number of carbonyl (C=O) groups is 3. The Morgan fingerprint density at radius 2 is 1.96 bits per heavy atom. The molecule has 7 nitrogen and oxygen atoms in total. The minimum absolute atomic E-state index is 0.162. The van der Waals surface area contributed by atoms with Crippen LogP contribution in [0.25, 0.3) is 0 Å². The van der Waals surface area contributed by atoms with Crippen molar-refractivity contribution in [3.05, 3.63) is 41.4 Å². The Hall–Kier alpha value is -2.54. The van der Waals surface area contributed by atoms with Crippen LogP contribution in [0.2, 0.25) is 5.02 Å². The van der Waals surface area contributed by atoms with Gasteiger partial charge >= 0.3 is 5.97 Å². The largest absolute Gasteiger partial charge is 0.495 e. The van der Waals surface area contributed by atoms with E-state index in [0.29, 0.717) is 16.3 Å². The second-order valence-corrected chi connectivity index (χ2v) is 7.10. The first-order valence-corrected chi connectivity index (χ1v) is 8.69. The number of methoxy groups -OCH3 is 1. The lowest BCUT2D eigenvalue weighted by Gasteiger charge is -2.29. The third-order valence-corrected chi connectivity index (χ3v) is 4.76. The molecule has 0 aromatic heterocycles. The van der Waals surface area contributed by atoms with Crippen molar-refractivity contribution < 1.29 is 24.2 Å². The summed E-state index contributed by atoms with van der Waals surface area (Å²) < 4.78 is 5.10. The topological polar surface area (TPSA) is 105 Å². The van der Waals surface area contributed by atoms with E-state index in [0.717, 1.165) is 6.08 Å². The van der Waals surface area contributed by atoms with Crippen LogP contribution in [0.3, 0.4) is 0 Å². The SMILES string of the molecule is C=CC(=O)NC(Cc1ccc(OC)c(Cl)c1)C(=O)NC(C)C(C)(C)C(=O)O. The van der Waals surface area contributed by atoms with Crippen LogP contribution < -0.4 is 15.4 Å². The highest BCUT2D eigenvalue weighted by atomic mass is 35.5. The van der Waals surface area contributed by atoms with Gasteiger partial charge in [0.25, 0.3) is 0 Å². The summed E-state index contributed by atoms with van der Waals surface area (Å²) in [6.07, 6.45) is 1.22. The summed E-state index contributed by atoms with van der Waals surface area (Å²) in [6, 6.07) is 3.45. The Labute approximate surface area is 163 Å². The third kappa shape index (κ3) is 5.99. The van der Waals surface area contributed by atoms with E-state index in [1.807, 2.05) is 0 Å². The summed E-state index contributed by atoms with van der Waals surface area (Å²) >= 11 is 6.11. The molecule has 148 valence electrons. The molecule has 0 aliphatic carbocycles. The Balaban J connectivity index is 3.01. The molecule has 0 aliphatic rings. The van der Waals surface area contributed by atoms with Crippen LogP contribution in [0.4, 0.5) is 0 Å². The number of aliphatic carboxylic acids is 1. The van der Waals surface area contributed by atoms with Crippen LogP contribution >= 0.6 is 11.6 Å². The summed E-state index contributed by atoms with van der Waals surface area (Å²) in [6.45, 7) is 8.01. The van der Waals surface area contributed by atoms with Gasteiger partial charge in [-0.15, -0.1) is 0 Å². The zero-order valence-electron chi connectivity index (χ0n) is 15.8. The normalized spacial score (nSPS) is 13.2. The van der Waals surface area contributed by atoms with Crippen molar-refractivity contribution >= 4 is 29.4 Å². The van der Waals surface area contributed by atoms with Gasteiger partial charge in [0.05, 0.1) is 17.5 Å². The van der Waals surface area contributed by atoms with E-state index < -0.39 is 35.3 Å². The number of amides is 2. The molecule has 0 bridgehead atoms. The molecular formula is C19H25ClN2O5. The quantitative estimate of drug-likeness (QED) is 0.555. The van der Waals surface area contributed by atoms with Gasteiger partial charge in [0.2, 0.25) is 11.8 Å². The second-order valence-electron chi connectivity index (χ2n) is 6.70. The number of hydrogen-bond acceptors (Lipinski definition) is 4. The van der Waals surface area contributed by atoms with Crippen molar-refractivity contribution in [2.24, 2.45) is 5.41 Å². The number of carboxylic acid groups (broad SMARTS) is 1. The molecule has 1 aromatic carbocycles. The van der Waals surface area contributed by atoms with Crippen molar-refractivity contribution in [3.63, 3.8) is 0 Å². The average molecular weight is 397 g/mol. The van der Waals surface area contributed by atoms with Crippen LogP contribution in [0.1, 0.15) is 26.3 Å². The van der Waals surface area contributed by atoms with Crippen LogP contribution in [0.15, 0.2) is 30.9 Å². The molecule has 2 atom stereocenters. The number of rotatable bonds is 9. The maximum absolute atomic E-state index is 12.7. The predicted molar refractivity (Wildman–Crippen MR) is 103 cm³/mol. The van der Waals surface area contributed by atoms with Crippen LogP contribution in [-0.2, 0) is 20.8 Å². The summed E-state index contributed by atoms with van der Waals surface area (Å²) in [5.41, 5.74) is -0.470. The first-order chi connectivity index (χ1) is 12.5. The molecular weight excluding hydrogens is 372 g/mol. The molecule has 0 saturated carbocycles. The summed E-state index contributed by atoms with van der Waals surface area (Å²) in [5, 5.41) is 14.9. The maximum atomic E-state index is 12.7. The third-order valence-electron chi connectivity index (χ3n) is 4.47. The molecule has 2 unspecified atom stereocenters. The summed E-state index contributed by atoms with van der Waals surface area (Å²) in [5.74, 6) is -1.56. The Morgan fingerprint density at radius 3 is 2.44 bits per heavy atom. The monoisotopic (exact) mass is 396 g/mol. The van der Waals surface area contributed by atoms with E-state index in [4.69, 9.17) is 16.3 Å². The molecule has 1 aromatic rings. The Kier molecular flexibility index (Phi) is 7.84. The first-order valence-electron chi connectivity index (χ1n) is 8.32. The fraction of sp³-hybridized carbons (Fsp3) is 0.421. The zero-order chi connectivity index (χ0) is 20.8. The van der Waals surface area contributed by atoms with Gasteiger partial charge in [-0.05, 0) is 44.5 Å². The molecule has 3 N–H and O–H groups in total. The van der Waals surface area contributed by atoms with E-state index in [9.17, 15) is 19.5 Å². The van der Waals surface area contributed by atoms with Gasteiger partial charge < -0.3 is 20.5 Å². The number of halogens is 1. The molecule has 8 heteroatoms. The Morgan fingerprint density at radius 1 is 1.33 bits per heavy atom. The highest BCUT2D eigenvalue weighted by Gasteiger charge is 2.36. The molecule has 2 amide bonds. The van der Waals surface area contributed by atoms with Crippen LogP contribution in [-0.4, -0.2) is 42.1 Å². The van der Waals surface area contributed by atoms with Crippen molar-refractivity contribution in [2.75, 3.05) is 7.11 Å². The number of carboxylic acids is 1. The number of nitrogens with one attached hydrogen (secondary N) is 2. The van der Waals surface area contributed by atoms with Crippen molar-refractivity contribution in [3.8, 4) is 5.75 Å².